The predicted molar refractivity (Wildman–Crippen MR) is 91.6 cm³/mol. The lowest BCUT2D eigenvalue weighted by atomic mass is 10.0. The number of fused-ring (bicyclic) bond motifs is 1. The van der Waals surface area contributed by atoms with Gasteiger partial charge in [0.25, 0.3) is 0 Å². The molecule has 0 saturated heterocycles. The quantitative estimate of drug-likeness (QED) is 0.572. The molecule has 0 aliphatic heterocycles. The Morgan fingerprint density at radius 1 is 0.875 bits per heavy atom. The fourth-order valence-electron chi connectivity index (χ4n) is 2.85. The molecular weight excluding hydrogens is 301 g/mol. The van der Waals surface area contributed by atoms with Crippen molar-refractivity contribution in [3.05, 3.63) is 78.2 Å². The highest BCUT2D eigenvalue weighted by molar-refractivity contribution is 6.01. The van der Waals surface area contributed by atoms with Crippen LogP contribution in [0.15, 0.2) is 66.7 Å². The number of rotatable bonds is 2. The van der Waals surface area contributed by atoms with Crippen LogP contribution in [0.5, 0.6) is 0 Å². The van der Waals surface area contributed by atoms with E-state index in [1.807, 2.05) is 36.4 Å². The molecular formula is C20H12FN3. The minimum Gasteiger partial charge on any atom is -0.353 e. The molecule has 0 spiro atoms. The van der Waals surface area contributed by atoms with Crippen LogP contribution in [0.2, 0.25) is 0 Å². The smallest absolute Gasteiger partial charge is 0.141 e. The zero-order chi connectivity index (χ0) is 16.5. The van der Waals surface area contributed by atoms with Gasteiger partial charge < -0.3 is 4.98 Å². The van der Waals surface area contributed by atoms with E-state index in [1.54, 1.807) is 18.2 Å². The van der Waals surface area contributed by atoms with Gasteiger partial charge in [0.05, 0.1) is 16.7 Å². The van der Waals surface area contributed by atoms with Crippen molar-refractivity contribution in [2.45, 2.75) is 0 Å². The van der Waals surface area contributed by atoms with Crippen LogP contribution in [0.3, 0.4) is 0 Å². The lowest BCUT2D eigenvalue weighted by Gasteiger charge is -2.05. The van der Waals surface area contributed by atoms with E-state index in [-0.39, 0.29) is 5.82 Å². The molecule has 4 aromatic rings. The van der Waals surface area contributed by atoms with Crippen LogP contribution in [-0.4, -0.2) is 9.97 Å². The van der Waals surface area contributed by atoms with Gasteiger partial charge in [-0.1, -0.05) is 42.5 Å². The maximum absolute atomic E-state index is 13.3. The molecule has 0 saturated carbocycles. The van der Waals surface area contributed by atoms with Gasteiger partial charge in [0.15, 0.2) is 0 Å². The number of benzene rings is 2. The van der Waals surface area contributed by atoms with Crippen LogP contribution in [0, 0.1) is 17.1 Å². The van der Waals surface area contributed by atoms with Gasteiger partial charge in [-0.2, -0.15) is 5.26 Å². The summed E-state index contributed by atoms with van der Waals surface area (Å²) in [4.78, 5) is 7.83. The minimum atomic E-state index is -0.287. The second-order valence-electron chi connectivity index (χ2n) is 5.45. The van der Waals surface area contributed by atoms with E-state index < -0.39 is 0 Å². The number of nitriles is 1. The number of pyridine rings is 1. The molecule has 4 rings (SSSR count). The Kier molecular flexibility index (Phi) is 3.33. The average molecular weight is 313 g/mol. The first-order chi connectivity index (χ1) is 11.8. The molecule has 0 aliphatic carbocycles. The van der Waals surface area contributed by atoms with Crippen molar-refractivity contribution in [3.63, 3.8) is 0 Å². The van der Waals surface area contributed by atoms with Crippen LogP contribution in [-0.2, 0) is 0 Å². The van der Waals surface area contributed by atoms with Crippen LogP contribution in [0.4, 0.5) is 4.39 Å². The Labute approximate surface area is 138 Å². The molecule has 0 radical (unpaired) electrons. The Bertz CT molecular complexity index is 1060. The third-order valence-corrected chi connectivity index (χ3v) is 3.95. The monoisotopic (exact) mass is 313 g/mol. The molecule has 1 N–H and O–H groups in total. The van der Waals surface area contributed by atoms with Crippen molar-refractivity contribution in [1.29, 1.82) is 5.26 Å². The fraction of sp³-hybridized carbons (Fsp3) is 0. The van der Waals surface area contributed by atoms with Crippen LogP contribution < -0.4 is 0 Å². The molecule has 2 aromatic carbocycles. The third-order valence-electron chi connectivity index (χ3n) is 3.95. The molecule has 114 valence electrons. The molecule has 3 nitrogen and oxygen atoms in total. The summed E-state index contributed by atoms with van der Waals surface area (Å²) >= 11 is 0. The fourth-order valence-corrected chi connectivity index (χ4v) is 2.85. The Balaban J connectivity index is 2.06. The third kappa shape index (κ3) is 2.33. The first-order valence-electron chi connectivity index (χ1n) is 7.50. The number of hydrogen-bond acceptors (Lipinski definition) is 2. The van der Waals surface area contributed by atoms with Crippen LogP contribution in [0.1, 0.15) is 5.69 Å². The molecule has 0 bridgehead atoms. The number of hydrogen-bond donors (Lipinski definition) is 1. The average Bonchev–Trinajstić information content (AvgIpc) is 3.01. The van der Waals surface area contributed by atoms with E-state index in [1.165, 1.54) is 12.1 Å². The highest BCUT2D eigenvalue weighted by Crippen LogP contribution is 2.37. The molecule has 0 atom stereocenters. The number of nitrogens with zero attached hydrogens (tertiary/aromatic N) is 2. The summed E-state index contributed by atoms with van der Waals surface area (Å²) in [6.45, 7) is 0. The minimum absolute atomic E-state index is 0.287. The molecule has 0 aliphatic rings. The van der Waals surface area contributed by atoms with Gasteiger partial charge >= 0.3 is 0 Å². The van der Waals surface area contributed by atoms with E-state index >= 15 is 0 Å². The van der Waals surface area contributed by atoms with Crippen molar-refractivity contribution in [2.75, 3.05) is 0 Å². The van der Waals surface area contributed by atoms with Crippen molar-refractivity contribution in [1.82, 2.24) is 9.97 Å². The van der Waals surface area contributed by atoms with E-state index in [2.05, 4.69) is 16.0 Å². The SMILES string of the molecule is N#Cc1ccc2[nH]c(-c3ccccc3)c(-c3ccc(F)cc3)c2n1. The molecule has 4 heteroatoms. The Morgan fingerprint density at radius 2 is 1.62 bits per heavy atom. The van der Waals surface area contributed by atoms with E-state index in [0.29, 0.717) is 11.2 Å². The molecule has 0 unspecified atom stereocenters. The standard InChI is InChI=1S/C20H12FN3/c21-15-8-6-13(7-9-15)18-19(14-4-2-1-3-5-14)24-17-11-10-16(12-22)23-20(17)18/h1-11,24H. The summed E-state index contributed by atoms with van der Waals surface area (Å²) in [6.07, 6.45) is 0. The van der Waals surface area contributed by atoms with Crippen LogP contribution in [0.25, 0.3) is 33.4 Å². The number of H-pyrrole nitrogens is 1. The maximum atomic E-state index is 13.3. The van der Waals surface area contributed by atoms with Crippen molar-refractivity contribution < 1.29 is 4.39 Å². The topological polar surface area (TPSA) is 52.5 Å². The zero-order valence-electron chi connectivity index (χ0n) is 12.6. The van der Waals surface area contributed by atoms with Crippen molar-refractivity contribution in [3.8, 4) is 28.5 Å². The number of aromatic nitrogens is 2. The second kappa shape index (κ2) is 5.64. The summed E-state index contributed by atoms with van der Waals surface area (Å²) in [5.41, 5.74) is 5.53. The Morgan fingerprint density at radius 3 is 2.33 bits per heavy atom. The molecule has 0 fully saturated rings. The summed E-state index contributed by atoms with van der Waals surface area (Å²) in [5.74, 6) is -0.287. The van der Waals surface area contributed by atoms with Gasteiger partial charge in [0.2, 0.25) is 0 Å². The zero-order valence-corrected chi connectivity index (χ0v) is 12.6. The van der Waals surface area contributed by atoms with Gasteiger partial charge in [-0.3, -0.25) is 0 Å². The number of aromatic amines is 1. The van der Waals surface area contributed by atoms with E-state index in [4.69, 9.17) is 5.26 Å². The van der Waals surface area contributed by atoms with Crippen molar-refractivity contribution >= 4 is 11.0 Å². The molecule has 2 heterocycles. The van der Waals surface area contributed by atoms with Crippen molar-refractivity contribution in [2.24, 2.45) is 0 Å². The van der Waals surface area contributed by atoms with E-state index in [9.17, 15) is 4.39 Å². The normalized spacial score (nSPS) is 10.7. The summed E-state index contributed by atoms with van der Waals surface area (Å²) < 4.78 is 13.3. The highest BCUT2D eigenvalue weighted by atomic mass is 19.1. The van der Waals surface area contributed by atoms with Gasteiger partial charge in [0.1, 0.15) is 17.6 Å². The predicted octanol–water partition coefficient (Wildman–Crippen LogP) is 4.91. The molecule has 2 aromatic heterocycles. The highest BCUT2D eigenvalue weighted by Gasteiger charge is 2.16. The van der Waals surface area contributed by atoms with Gasteiger partial charge in [0, 0.05) is 5.56 Å². The maximum Gasteiger partial charge on any atom is 0.141 e. The van der Waals surface area contributed by atoms with E-state index in [0.717, 1.165) is 27.9 Å². The second-order valence-corrected chi connectivity index (χ2v) is 5.45. The van der Waals surface area contributed by atoms with Gasteiger partial charge in [-0.25, -0.2) is 9.37 Å². The lowest BCUT2D eigenvalue weighted by molar-refractivity contribution is 0.628. The number of nitrogens with one attached hydrogen (secondary N) is 1. The van der Waals surface area contributed by atoms with Gasteiger partial charge in [-0.05, 0) is 35.4 Å². The van der Waals surface area contributed by atoms with Crippen LogP contribution >= 0.6 is 0 Å². The first-order valence-corrected chi connectivity index (χ1v) is 7.50. The lowest BCUT2D eigenvalue weighted by Crippen LogP contribution is -1.86. The molecule has 24 heavy (non-hydrogen) atoms. The Hall–Kier alpha value is -3.45. The summed E-state index contributed by atoms with van der Waals surface area (Å²) in [5, 5.41) is 9.15. The summed E-state index contributed by atoms with van der Waals surface area (Å²) in [6, 6.07) is 21.8. The molecule has 0 amide bonds. The van der Waals surface area contributed by atoms with Gasteiger partial charge in [-0.15, -0.1) is 0 Å². The summed E-state index contributed by atoms with van der Waals surface area (Å²) in [7, 11) is 0. The first kappa shape index (κ1) is 14.2. The largest absolute Gasteiger partial charge is 0.353 e. The number of halogens is 1.